The summed E-state index contributed by atoms with van der Waals surface area (Å²) in [7, 11) is 0. The number of hydrogen-bond acceptors (Lipinski definition) is 7. The van der Waals surface area contributed by atoms with Crippen LogP contribution in [0.5, 0.6) is 0 Å². The van der Waals surface area contributed by atoms with Gasteiger partial charge < -0.3 is 15.1 Å². The Balaban J connectivity index is 1.43. The van der Waals surface area contributed by atoms with Crippen molar-refractivity contribution in [3.05, 3.63) is 47.4 Å². The highest BCUT2D eigenvalue weighted by molar-refractivity contribution is 7.17. The Bertz CT molecular complexity index is 868. The van der Waals surface area contributed by atoms with Crippen LogP contribution < -0.4 is 10.2 Å². The van der Waals surface area contributed by atoms with Crippen molar-refractivity contribution in [2.45, 2.75) is 13.5 Å². The third-order valence-electron chi connectivity index (χ3n) is 4.71. The zero-order chi connectivity index (χ0) is 18.6. The molecule has 1 N–H and O–H groups in total. The van der Waals surface area contributed by atoms with Crippen LogP contribution in [0.15, 0.2) is 36.7 Å². The van der Waals surface area contributed by atoms with Gasteiger partial charge in [-0.25, -0.2) is 4.98 Å². The van der Waals surface area contributed by atoms with Crippen molar-refractivity contribution in [2.75, 3.05) is 42.9 Å². The molecule has 0 atom stereocenters. The van der Waals surface area contributed by atoms with Gasteiger partial charge in [0.25, 0.3) is 0 Å². The monoisotopic (exact) mass is 403 g/mol. The molecule has 0 bridgehead atoms. The Hall–Kier alpha value is -2.16. The lowest BCUT2D eigenvalue weighted by atomic mass is 10.3. The van der Waals surface area contributed by atoms with Gasteiger partial charge >= 0.3 is 0 Å². The fourth-order valence-corrected chi connectivity index (χ4v) is 4.12. The molecule has 9 heteroatoms. The summed E-state index contributed by atoms with van der Waals surface area (Å²) in [6, 6.07) is 7.79. The molecule has 27 heavy (non-hydrogen) atoms. The molecular weight excluding hydrogens is 382 g/mol. The number of anilines is 2. The number of halogens is 1. The van der Waals surface area contributed by atoms with Crippen molar-refractivity contribution >= 4 is 33.9 Å². The maximum absolute atomic E-state index is 5.88. The Morgan fingerprint density at radius 3 is 2.67 bits per heavy atom. The lowest BCUT2D eigenvalue weighted by Gasteiger charge is -2.33. The number of rotatable bonds is 6. The minimum atomic E-state index is 0.630. The maximum Gasteiger partial charge on any atom is 0.218 e. The average Bonchev–Trinajstić information content (AvgIpc) is 3.37. The van der Waals surface area contributed by atoms with Crippen molar-refractivity contribution in [1.82, 2.24) is 24.6 Å². The SMILES string of the molecule is CCN1CCN(c2nnc(-n3cccc3CNc3ccc(Cl)cn3)s2)CC1. The number of nitrogens with zero attached hydrogens (tertiary/aromatic N) is 6. The topological polar surface area (TPSA) is 62.1 Å². The molecule has 3 aromatic heterocycles. The summed E-state index contributed by atoms with van der Waals surface area (Å²) < 4.78 is 2.08. The normalized spacial score (nSPS) is 15.3. The van der Waals surface area contributed by atoms with E-state index >= 15 is 0 Å². The zero-order valence-corrected chi connectivity index (χ0v) is 16.7. The van der Waals surface area contributed by atoms with E-state index in [0.717, 1.165) is 54.5 Å². The lowest BCUT2D eigenvalue weighted by molar-refractivity contribution is 0.271. The molecule has 0 aliphatic carbocycles. The highest BCUT2D eigenvalue weighted by atomic mass is 35.5. The van der Waals surface area contributed by atoms with Crippen molar-refractivity contribution in [3.8, 4) is 5.13 Å². The van der Waals surface area contributed by atoms with E-state index in [-0.39, 0.29) is 0 Å². The molecule has 3 aromatic rings. The summed E-state index contributed by atoms with van der Waals surface area (Å²) in [5.41, 5.74) is 1.10. The molecule has 142 valence electrons. The van der Waals surface area contributed by atoms with Crippen molar-refractivity contribution in [2.24, 2.45) is 0 Å². The van der Waals surface area contributed by atoms with Gasteiger partial charge in [0.05, 0.1) is 11.6 Å². The summed E-state index contributed by atoms with van der Waals surface area (Å²) in [5, 5.41) is 14.7. The maximum atomic E-state index is 5.88. The average molecular weight is 404 g/mol. The molecule has 4 rings (SSSR count). The van der Waals surface area contributed by atoms with Crippen LogP contribution in [-0.2, 0) is 6.54 Å². The highest BCUT2D eigenvalue weighted by Crippen LogP contribution is 2.25. The Morgan fingerprint density at radius 2 is 1.93 bits per heavy atom. The predicted molar refractivity (Wildman–Crippen MR) is 110 cm³/mol. The fraction of sp³-hybridized carbons (Fsp3) is 0.389. The summed E-state index contributed by atoms with van der Waals surface area (Å²) >= 11 is 7.52. The second-order valence-electron chi connectivity index (χ2n) is 6.37. The van der Waals surface area contributed by atoms with Crippen LogP contribution in [0.25, 0.3) is 5.13 Å². The summed E-state index contributed by atoms with van der Waals surface area (Å²) in [6.07, 6.45) is 3.66. The van der Waals surface area contributed by atoms with Gasteiger partial charge in [-0.05, 0) is 30.8 Å². The molecule has 1 saturated heterocycles. The van der Waals surface area contributed by atoms with E-state index in [1.165, 1.54) is 0 Å². The van der Waals surface area contributed by atoms with Gasteiger partial charge in [0.15, 0.2) is 0 Å². The summed E-state index contributed by atoms with van der Waals surface area (Å²) in [5.74, 6) is 0.791. The highest BCUT2D eigenvalue weighted by Gasteiger charge is 2.20. The molecule has 0 saturated carbocycles. The van der Waals surface area contributed by atoms with E-state index < -0.39 is 0 Å². The number of pyridine rings is 1. The Morgan fingerprint density at radius 1 is 1.11 bits per heavy atom. The molecule has 0 spiro atoms. The number of hydrogen-bond donors (Lipinski definition) is 1. The molecule has 0 unspecified atom stereocenters. The van der Waals surface area contributed by atoms with Crippen LogP contribution in [0.2, 0.25) is 5.02 Å². The van der Waals surface area contributed by atoms with E-state index in [2.05, 4.69) is 47.9 Å². The lowest BCUT2D eigenvalue weighted by Crippen LogP contribution is -2.46. The second kappa shape index (κ2) is 8.24. The molecule has 1 fully saturated rings. The Labute approximate surface area is 167 Å². The van der Waals surface area contributed by atoms with Crippen LogP contribution >= 0.6 is 22.9 Å². The van der Waals surface area contributed by atoms with Gasteiger partial charge in [0, 0.05) is 44.3 Å². The molecule has 4 heterocycles. The van der Waals surface area contributed by atoms with Crippen molar-refractivity contribution in [1.29, 1.82) is 0 Å². The quantitative estimate of drug-likeness (QED) is 0.682. The van der Waals surface area contributed by atoms with E-state index in [1.54, 1.807) is 17.5 Å². The third kappa shape index (κ3) is 4.23. The summed E-state index contributed by atoms with van der Waals surface area (Å²) in [4.78, 5) is 9.05. The molecule has 0 amide bonds. The van der Waals surface area contributed by atoms with E-state index in [4.69, 9.17) is 11.6 Å². The number of nitrogens with one attached hydrogen (secondary N) is 1. The minimum Gasteiger partial charge on any atom is -0.364 e. The van der Waals surface area contributed by atoms with Crippen LogP contribution in [-0.4, -0.2) is 57.4 Å². The minimum absolute atomic E-state index is 0.630. The first kappa shape index (κ1) is 18.2. The first-order valence-corrected chi connectivity index (χ1v) is 10.2. The number of likely N-dealkylation sites (N-methyl/N-ethyl adjacent to an activating group) is 1. The number of aromatic nitrogens is 4. The van der Waals surface area contributed by atoms with Crippen LogP contribution in [0.3, 0.4) is 0 Å². The Kier molecular flexibility index (Phi) is 5.56. The second-order valence-corrected chi connectivity index (χ2v) is 7.74. The van der Waals surface area contributed by atoms with Gasteiger partial charge in [-0.15, -0.1) is 10.2 Å². The standard InChI is InChI=1S/C18H22ClN7S/c1-2-24-8-10-25(11-9-24)17-22-23-18(27-17)26-7-3-4-15(26)13-21-16-6-5-14(19)12-20-16/h3-7,12H,2,8-11,13H2,1H3,(H,20,21). The first-order chi connectivity index (χ1) is 13.2. The van der Waals surface area contributed by atoms with E-state index in [0.29, 0.717) is 11.6 Å². The van der Waals surface area contributed by atoms with Gasteiger partial charge in [0.1, 0.15) is 5.82 Å². The van der Waals surface area contributed by atoms with Crippen molar-refractivity contribution < 1.29 is 0 Å². The third-order valence-corrected chi connectivity index (χ3v) is 5.92. The van der Waals surface area contributed by atoms with Crippen molar-refractivity contribution in [3.63, 3.8) is 0 Å². The van der Waals surface area contributed by atoms with Crippen LogP contribution in [0, 0.1) is 0 Å². The van der Waals surface area contributed by atoms with Crippen LogP contribution in [0.1, 0.15) is 12.6 Å². The van der Waals surface area contributed by atoms with Gasteiger partial charge in [-0.2, -0.15) is 0 Å². The molecule has 7 nitrogen and oxygen atoms in total. The zero-order valence-electron chi connectivity index (χ0n) is 15.2. The molecule has 1 aliphatic heterocycles. The number of piperazine rings is 1. The molecular formula is C18H22ClN7S. The smallest absolute Gasteiger partial charge is 0.218 e. The summed E-state index contributed by atoms with van der Waals surface area (Å²) in [6.45, 7) is 8.13. The molecule has 0 aromatic carbocycles. The first-order valence-electron chi connectivity index (χ1n) is 9.06. The van der Waals surface area contributed by atoms with E-state index in [1.807, 2.05) is 24.4 Å². The van der Waals surface area contributed by atoms with Gasteiger partial charge in [-0.3, -0.25) is 4.57 Å². The fourth-order valence-electron chi connectivity index (χ4n) is 3.10. The van der Waals surface area contributed by atoms with Crippen LogP contribution in [0.4, 0.5) is 10.9 Å². The van der Waals surface area contributed by atoms with Gasteiger partial charge in [-0.1, -0.05) is 29.9 Å². The molecule has 0 radical (unpaired) electrons. The van der Waals surface area contributed by atoms with E-state index in [9.17, 15) is 0 Å². The largest absolute Gasteiger partial charge is 0.364 e. The van der Waals surface area contributed by atoms with Gasteiger partial charge in [0.2, 0.25) is 10.3 Å². The predicted octanol–water partition coefficient (Wildman–Crippen LogP) is 3.13. The molecule has 1 aliphatic rings.